The minimum atomic E-state index is -4.02. The molecule has 0 atom stereocenters. The number of nitrogens with one attached hydrogen (secondary N) is 1. The highest BCUT2D eigenvalue weighted by Gasteiger charge is 2.31. The quantitative estimate of drug-likeness (QED) is 0.689. The van der Waals surface area contributed by atoms with Gasteiger partial charge in [-0.1, -0.05) is 0 Å². The highest BCUT2D eigenvalue weighted by molar-refractivity contribution is 7.89. The van der Waals surface area contributed by atoms with Crippen molar-refractivity contribution in [2.45, 2.75) is 31.2 Å². The van der Waals surface area contributed by atoms with Crippen LogP contribution in [0, 0.1) is 12.7 Å². The maximum Gasteiger partial charge on any atom is 0.241 e. The van der Waals surface area contributed by atoms with Crippen LogP contribution in [-0.4, -0.2) is 19.9 Å². The Hall–Kier alpha value is -1.67. The zero-order valence-electron chi connectivity index (χ0n) is 10.8. The SMILES string of the molecule is Cc1cc(S(=O)(=O)NC(C)(C)C(N)=O)cc(N)c1F. The number of amides is 1. The maximum atomic E-state index is 13.4. The molecule has 1 aromatic carbocycles. The van der Waals surface area contributed by atoms with Gasteiger partial charge in [-0.25, -0.2) is 12.8 Å². The number of anilines is 1. The molecule has 106 valence electrons. The number of hydrogen-bond acceptors (Lipinski definition) is 4. The summed E-state index contributed by atoms with van der Waals surface area (Å²) >= 11 is 0. The number of carbonyl (C=O) groups excluding carboxylic acids is 1. The van der Waals surface area contributed by atoms with E-state index in [1.54, 1.807) is 0 Å². The molecule has 0 saturated carbocycles. The molecule has 1 aromatic rings. The highest BCUT2D eigenvalue weighted by Crippen LogP contribution is 2.21. The first kappa shape index (κ1) is 15.4. The van der Waals surface area contributed by atoms with Crippen molar-refractivity contribution in [2.75, 3.05) is 5.73 Å². The molecule has 8 heteroatoms. The molecule has 1 rings (SSSR count). The number of sulfonamides is 1. The molecule has 1 amide bonds. The van der Waals surface area contributed by atoms with E-state index < -0.39 is 27.3 Å². The third kappa shape index (κ3) is 3.21. The molecule has 6 nitrogen and oxygen atoms in total. The number of halogens is 1. The molecule has 0 radical (unpaired) electrons. The Bertz CT molecular complexity index is 603. The number of carbonyl (C=O) groups is 1. The predicted octanol–water partition coefficient (Wildman–Crippen LogP) is 0.259. The van der Waals surface area contributed by atoms with E-state index in [1.165, 1.54) is 20.8 Å². The van der Waals surface area contributed by atoms with Crippen LogP contribution in [0.4, 0.5) is 10.1 Å². The molecule has 0 aliphatic heterocycles. The van der Waals surface area contributed by atoms with Crippen molar-refractivity contribution >= 4 is 21.6 Å². The topological polar surface area (TPSA) is 115 Å². The van der Waals surface area contributed by atoms with Crippen LogP contribution >= 0.6 is 0 Å². The summed E-state index contributed by atoms with van der Waals surface area (Å²) in [6, 6.07) is 2.12. The van der Waals surface area contributed by atoms with E-state index >= 15 is 0 Å². The summed E-state index contributed by atoms with van der Waals surface area (Å²) in [5.74, 6) is -1.50. The van der Waals surface area contributed by atoms with Crippen LogP contribution in [0.25, 0.3) is 0 Å². The fourth-order valence-corrected chi connectivity index (χ4v) is 2.87. The second-order valence-electron chi connectivity index (χ2n) is 4.74. The smallest absolute Gasteiger partial charge is 0.241 e. The molecule has 0 unspecified atom stereocenters. The third-order valence-corrected chi connectivity index (χ3v) is 4.21. The van der Waals surface area contributed by atoms with Gasteiger partial charge >= 0.3 is 0 Å². The molecule has 0 aromatic heterocycles. The summed E-state index contributed by atoms with van der Waals surface area (Å²) in [5.41, 5.74) is 8.82. The van der Waals surface area contributed by atoms with Gasteiger partial charge in [0.1, 0.15) is 11.4 Å². The minimum absolute atomic E-state index is 0.0947. The number of aryl methyl sites for hydroxylation is 1. The van der Waals surface area contributed by atoms with Crippen LogP contribution in [-0.2, 0) is 14.8 Å². The van der Waals surface area contributed by atoms with Crippen LogP contribution in [0.3, 0.4) is 0 Å². The first-order valence-electron chi connectivity index (χ1n) is 5.37. The Morgan fingerprint density at radius 3 is 2.32 bits per heavy atom. The van der Waals surface area contributed by atoms with Gasteiger partial charge in [0, 0.05) is 0 Å². The number of rotatable bonds is 4. The predicted molar refractivity (Wildman–Crippen MR) is 69.1 cm³/mol. The van der Waals surface area contributed by atoms with E-state index in [0.717, 1.165) is 12.1 Å². The zero-order chi connectivity index (χ0) is 15.0. The molecule has 0 heterocycles. The molecule has 0 saturated heterocycles. The Labute approximate surface area is 111 Å². The minimum Gasteiger partial charge on any atom is -0.396 e. The van der Waals surface area contributed by atoms with Crippen LogP contribution in [0.2, 0.25) is 0 Å². The largest absolute Gasteiger partial charge is 0.396 e. The lowest BCUT2D eigenvalue weighted by atomic mass is 10.1. The number of hydrogen-bond donors (Lipinski definition) is 3. The molecule has 0 spiro atoms. The number of nitrogen functional groups attached to an aromatic ring is 1. The molecule has 5 N–H and O–H groups in total. The summed E-state index contributed by atoms with van der Waals surface area (Å²) in [5, 5.41) is 0. The molecule has 0 bridgehead atoms. The summed E-state index contributed by atoms with van der Waals surface area (Å²) in [6.45, 7) is 4.04. The summed E-state index contributed by atoms with van der Waals surface area (Å²) in [7, 11) is -4.02. The van der Waals surface area contributed by atoms with Crippen molar-refractivity contribution in [3.63, 3.8) is 0 Å². The molecule has 0 aliphatic carbocycles. The summed E-state index contributed by atoms with van der Waals surface area (Å²) in [6.07, 6.45) is 0. The fraction of sp³-hybridized carbons (Fsp3) is 0.364. The van der Waals surface area contributed by atoms with E-state index in [1.807, 2.05) is 0 Å². The molecular formula is C11H16FN3O3S. The van der Waals surface area contributed by atoms with Crippen LogP contribution < -0.4 is 16.2 Å². The van der Waals surface area contributed by atoms with E-state index in [4.69, 9.17) is 11.5 Å². The van der Waals surface area contributed by atoms with Crippen molar-refractivity contribution in [3.8, 4) is 0 Å². The lowest BCUT2D eigenvalue weighted by Crippen LogP contribution is -2.52. The van der Waals surface area contributed by atoms with E-state index in [-0.39, 0.29) is 16.1 Å². The van der Waals surface area contributed by atoms with Gasteiger partial charge in [-0.15, -0.1) is 0 Å². The van der Waals surface area contributed by atoms with Gasteiger partial charge in [-0.2, -0.15) is 4.72 Å². The Morgan fingerprint density at radius 1 is 1.37 bits per heavy atom. The second-order valence-corrected chi connectivity index (χ2v) is 6.42. The van der Waals surface area contributed by atoms with Crippen molar-refractivity contribution in [3.05, 3.63) is 23.5 Å². The fourth-order valence-electron chi connectivity index (χ4n) is 1.36. The number of benzene rings is 1. The lowest BCUT2D eigenvalue weighted by Gasteiger charge is -2.22. The summed E-state index contributed by atoms with van der Waals surface area (Å²) in [4.78, 5) is 10.9. The van der Waals surface area contributed by atoms with Gasteiger partial charge < -0.3 is 11.5 Å². The zero-order valence-corrected chi connectivity index (χ0v) is 11.6. The third-order valence-electron chi connectivity index (χ3n) is 2.57. The normalized spacial score (nSPS) is 12.4. The van der Waals surface area contributed by atoms with E-state index in [9.17, 15) is 17.6 Å². The molecular weight excluding hydrogens is 273 g/mol. The number of nitrogens with two attached hydrogens (primary N) is 2. The van der Waals surface area contributed by atoms with Crippen molar-refractivity contribution in [1.29, 1.82) is 0 Å². The monoisotopic (exact) mass is 289 g/mol. The maximum absolute atomic E-state index is 13.4. The van der Waals surface area contributed by atoms with Gasteiger partial charge in [-0.05, 0) is 38.5 Å². The lowest BCUT2D eigenvalue weighted by molar-refractivity contribution is -0.122. The van der Waals surface area contributed by atoms with Crippen LogP contribution in [0.5, 0.6) is 0 Å². The summed E-state index contributed by atoms with van der Waals surface area (Å²) < 4.78 is 39.6. The highest BCUT2D eigenvalue weighted by atomic mass is 32.2. The van der Waals surface area contributed by atoms with Crippen molar-refractivity contribution < 1.29 is 17.6 Å². The Balaban J connectivity index is 3.26. The number of primary amides is 1. The molecule has 0 aliphatic rings. The van der Waals surface area contributed by atoms with E-state index in [0.29, 0.717) is 0 Å². The van der Waals surface area contributed by atoms with Gasteiger partial charge in [0.15, 0.2) is 0 Å². The second kappa shape index (κ2) is 4.78. The average molecular weight is 289 g/mol. The Kier molecular flexibility index (Phi) is 3.87. The van der Waals surface area contributed by atoms with Gasteiger partial charge in [-0.3, -0.25) is 4.79 Å². The molecule has 19 heavy (non-hydrogen) atoms. The van der Waals surface area contributed by atoms with E-state index in [2.05, 4.69) is 4.72 Å². The average Bonchev–Trinajstić information content (AvgIpc) is 2.23. The molecule has 0 fully saturated rings. The standard InChI is InChI=1S/C11H16FN3O3S/c1-6-4-7(5-8(13)9(6)12)19(17,18)15-11(2,3)10(14)16/h4-5,15H,13H2,1-3H3,(H2,14,16). The van der Waals surface area contributed by atoms with Gasteiger partial charge in [0.25, 0.3) is 0 Å². The van der Waals surface area contributed by atoms with Gasteiger partial charge in [0.05, 0.1) is 10.6 Å². The van der Waals surface area contributed by atoms with Crippen LogP contribution in [0.15, 0.2) is 17.0 Å². The first-order chi connectivity index (χ1) is 8.47. The van der Waals surface area contributed by atoms with Crippen molar-refractivity contribution in [2.24, 2.45) is 5.73 Å². The first-order valence-corrected chi connectivity index (χ1v) is 6.85. The van der Waals surface area contributed by atoms with Crippen LogP contribution in [0.1, 0.15) is 19.4 Å². The van der Waals surface area contributed by atoms with Gasteiger partial charge in [0.2, 0.25) is 15.9 Å². The Morgan fingerprint density at radius 2 is 1.89 bits per heavy atom. The van der Waals surface area contributed by atoms with Crippen molar-refractivity contribution in [1.82, 2.24) is 4.72 Å².